The lowest BCUT2D eigenvalue weighted by atomic mass is 9.91. The number of aromatic nitrogens is 6. The Kier molecular flexibility index (Phi) is 6.55. The highest BCUT2D eigenvalue weighted by atomic mass is 32.1. The minimum Gasteiger partial charge on any atom is -0.337 e. The van der Waals surface area contributed by atoms with E-state index in [9.17, 15) is 9.59 Å². The van der Waals surface area contributed by atoms with Crippen LogP contribution in [0.25, 0.3) is 27.5 Å². The van der Waals surface area contributed by atoms with Gasteiger partial charge in [-0.2, -0.15) is 5.10 Å². The molecule has 0 unspecified atom stereocenters. The van der Waals surface area contributed by atoms with Crippen LogP contribution >= 0.6 is 11.3 Å². The number of imidazole rings is 1. The first kappa shape index (κ1) is 25.7. The molecular weight excluding hydrogens is 523 g/mol. The third kappa shape index (κ3) is 4.60. The lowest BCUT2D eigenvalue weighted by Gasteiger charge is -2.19. The maximum atomic E-state index is 13.3. The molecule has 12 heteroatoms. The Morgan fingerprint density at radius 1 is 1.20 bits per heavy atom. The van der Waals surface area contributed by atoms with Gasteiger partial charge in [0.15, 0.2) is 5.13 Å². The van der Waals surface area contributed by atoms with Crippen molar-refractivity contribution in [2.75, 3.05) is 12.4 Å². The molecule has 0 fully saturated rings. The van der Waals surface area contributed by atoms with Gasteiger partial charge in [-0.1, -0.05) is 22.9 Å². The molecule has 1 aliphatic carbocycles. The van der Waals surface area contributed by atoms with Crippen molar-refractivity contribution in [2.24, 2.45) is 7.05 Å². The molecule has 1 N–H and O–H groups in total. The van der Waals surface area contributed by atoms with E-state index in [1.54, 1.807) is 24.3 Å². The summed E-state index contributed by atoms with van der Waals surface area (Å²) in [5.74, 6) is 0.579. The molecule has 0 saturated heterocycles. The largest absolute Gasteiger partial charge is 0.337 e. The molecule has 5 aromatic rings. The third-order valence-electron chi connectivity index (χ3n) is 7.04. The summed E-state index contributed by atoms with van der Waals surface area (Å²) in [7, 11) is 5.68. The minimum atomic E-state index is -0.153. The van der Waals surface area contributed by atoms with Crippen LogP contribution in [0.2, 0.25) is 0 Å². The van der Waals surface area contributed by atoms with Crippen LogP contribution in [-0.2, 0) is 31.2 Å². The van der Waals surface area contributed by atoms with Crippen LogP contribution in [0.5, 0.6) is 0 Å². The third-order valence-corrected chi connectivity index (χ3v) is 8.06. The maximum Gasteiger partial charge on any atom is 0.253 e. The molecule has 0 atom stereocenters. The number of thiazole rings is 1. The monoisotopic (exact) mass is 550 g/mol. The second-order valence-corrected chi connectivity index (χ2v) is 10.9. The SMILES string of the molecule is Bc1cc(C(=O)N(C)Cc2nccn2C)ccc1-n1nc(-c2cccnc2)c2c1-c1sc(NC(C)=O)nc1CC2. The number of anilines is 1. The number of rotatable bonds is 6. The molecule has 0 saturated carbocycles. The number of carbonyl (C=O) groups is 2. The highest BCUT2D eigenvalue weighted by molar-refractivity contribution is 7.19. The van der Waals surface area contributed by atoms with E-state index in [-0.39, 0.29) is 11.8 Å². The average Bonchev–Trinajstić information content (AvgIpc) is 3.64. The summed E-state index contributed by atoms with van der Waals surface area (Å²) in [6.45, 7) is 1.89. The van der Waals surface area contributed by atoms with Gasteiger partial charge in [0, 0.05) is 62.5 Å². The molecule has 0 spiro atoms. The molecule has 4 heterocycles. The first-order valence-electron chi connectivity index (χ1n) is 12.9. The molecule has 40 heavy (non-hydrogen) atoms. The minimum absolute atomic E-state index is 0.0825. The quantitative estimate of drug-likeness (QED) is 0.325. The number of pyridine rings is 1. The first-order valence-corrected chi connectivity index (χ1v) is 13.7. The fraction of sp³-hybridized carbons (Fsp3) is 0.214. The van der Waals surface area contributed by atoms with Crippen molar-refractivity contribution >= 4 is 41.6 Å². The normalized spacial score (nSPS) is 12.1. The van der Waals surface area contributed by atoms with Gasteiger partial charge in [-0.25, -0.2) is 14.6 Å². The second-order valence-electron chi connectivity index (χ2n) is 9.92. The summed E-state index contributed by atoms with van der Waals surface area (Å²) < 4.78 is 3.86. The van der Waals surface area contributed by atoms with Gasteiger partial charge in [0.25, 0.3) is 5.91 Å². The molecule has 6 rings (SSSR count). The highest BCUT2D eigenvalue weighted by Gasteiger charge is 2.30. The van der Waals surface area contributed by atoms with Crippen molar-refractivity contribution in [3.8, 4) is 27.5 Å². The Balaban J connectivity index is 1.42. The number of hydrogen-bond donors (Lipinski definition) is 1. The lowest BCUT2D eigenvalue weighted by molar-refractivity contribution is -0.114. The molecule has 1 aliphatic rings. The maximum absolute atomic E-state index is 13.3. The molecule has 2 amide bonds. The van der Waals surface area contributed by atoms with Gasteiger partial charge in [0.1, 0.15) is 13.7 Å². The molecule has 0 aliphatic heterocycles. The summed E-state index contributed by atoms with van der Waals surface area (Å²) in [5, 5.41) is 8.50. The van der Waals surface area contributed by atoms with E-state index in [0.717, 1.165) is 62.9 Å². The van der Waals surface area contributed by atoms with E-state index < -0.39 is 0 Å². The first-order chi connectivity index (χ1) is 19.3. The van der Waals surface area contributed by atoms with Crippen molar-refractivity contribution in [1.82, 2.24) is 34.2 Å². The molecule has 0 radical (unpaired) electrons. The Morgan fingerprint density at radius 2 is 2.05 bits per heavy atom. The van der Waals surface area contributed by atoms with Crippen molar-refractivity contribution in [1.29, 1.82) is 0 Å². The molecular formula is C28H27BN8O2S. The van der Waals surface area contributed by atoms with Crippen LogP contribution in [0.1, 0.15) is 34.4 Å². The Bertz CT molecular complexity index is 1760. The summed E-state index contributed by atoms with van der Waals surface area (Å²) in [6, 6.07) is 9.61. The van der Waals surface area contributed by atoms with Crippen LogP contribution in [0.4, 0.5) is 5.13 Å². The van der Waals surface area contributed by atoms with Crippen LogP contribution < -0.4 is 10.8 Å². The summed E-state index contributed by atoms with van der Waals surface area (Å²) >= 11 is 1.46. The number of amides is 2. The van der Waals surface area contributed by atoms with E-state index in [0.29, 0.717) is 17.2 Å². The van der Waals surface area contributed by atoms with E-state index in [1.807, 2.05) is 66.9 Å². The van der Waals surface area contributed by atoms with Gasteiger partial charge in [-0.3, -0.25) is 14.6 Å². The van der Waals surface area contributed by atoms with E-state index in [4.69, 9.17) is 10.1 Å². The fourth-order valence-electron chi connectivity index (χ4n) is 5.06. The van der Waals surface area contributed by atoms with Gasteiger partial charge in [0.2, 0.25) is 5.91 Å². The van der Waals surface area contributed by atoms with Crippen molar-refractivity contribution in [3.05, 3.63) is 77.8 Å². The Hall–Kier alpha value is -4.58. The van der Waals surface area contributed by atoms with Crippen LogP contribution in [0.3, 0.4) is 0 Å². The standard InChI is InChI=1S/C28H27BN8O2S/c1-16(38)32-28-33-21-8-7-19-24(18-5-4-10-30-14-18)34-37(25(19)26(21)40-28)22-9-6-17(13-20(22)29)27(39)36(3)15-23-31-11-12-35(23)2/h4-6,9-14H,7-8,15,29H2,1-3H3,(H,32,33,38). The summed E-state index contributed by atoms with van der Waals surface area (Å²) in [4.78, 5) is 41.0. The second kappa shape index (κ2) is 10.2. The highest BCUT2D eigenvalue weighted by Crippen LogP contribution is 2.43. The zero-order chi connectivity index (χ0) is 28.0. The van der Waals surface area contributed by atoms with Gasteiger partial charge in [-0.15, -0.1) is 0 Å². The topological polar surface area (TPSA) is 111 Å². The number of benzene rings is 1. The molecule has 200 valence electrons. The average molecular weight is 550 g/mol. The summed E-state index contributed by atoms with van der Waals surface area (Å²) in [6.07, 6.45) is 8.69. The van der Waals surface area contributed by atoms with Crippen LogP contribution in [0, 0.1) is 0 Å². The lowest BCUT2D eigenvalue weighted by Crippen LogP contribution is -2.28. The van der Waals surface area contributed by atoms with Gasteiger partial charge < -0.3 is 14.8 Å². The zero-order valence-electron chi connectivity index (χ0n) is 22.7. The Labute approximate surface area is 236 Å². The zero-order valence-corrected chi connectivity index (χ0v) is 23.5. The van der Waals surface area contributed by atoms with Gasteiger partial charge in [0.05, 0.1) is 34.2 Å². The smallest absolute Gasteiger partial charge is 0.253 e. The predicted molar refractivity (Wildman–Crippen MR) is 157 cm³/mol. The van der Waals surface area contributed by atoms with Crippen LogP contribution in [-0.4, -0.2) is 60.9 Å². The molecule has 1 aromatic carbocycles. The van der Waals surface area contributed by atoms with Crippen molar-refractivity contribution < 1.29 is 9.59 Å². The number of nitrogens with zero attached hydrogens (tertiary/aromatic N) is 7. The number of carbonyl (C=O) groups excluding carboxylic acids is 2. The number of fused-ring (bicyclic) bond motifs is 3. The number of nitrogens with one attached hydrogen (secondary N) is 1. The van der Waals surface area contributed by atoms with E-state index in [2.05, 4.69) is 15.3 Å². The van der Waals surface area contributed by atoms with Gasteiger partial charge >= 0.3 is 0 Å². The van der Waals surface area contributed by atoms with E-state index in [1.165, 1.54) is 18.3 Å². The number of hydrogen-bond acceptors (Lipinski definition) is 7. The van der Waals surface area contributed by atoms with Gasteiger partial charge in [-0.05, 0) is 37.1 Å². The van der Waals surface area contributed by atoms with Crippen molar-refractivity contribution in [3.63, 3.8) is 0 Å². The predicted octanol–water partition coefficient (Wildman–Crippen LogP) is 2.38. The van der Waals surface area contributed by atoms with E-state index >= 15 is 0 Å². The summed E-state index contributed by atoms with van der Waals surface area (Å²) in [5.41, 5.74) is 7.22. The fourth-order valence-corrected chi connectivity index (χ4v) is 6.18. The molecule has 10 nitrogen and oxygen atoms in total. The van der Waals surface area contributed by atoms with Crippen LogP contribution in [0.15, 0.2) is 55.1 Å². The Morgan fingerprint density at radius 3 is 2.75 bits per heavy atom. The molecule has 0 bridgehead atoms. The molecule has 4 aromatic heterocycles. The van der Waals surface area contributed by atoms with Crippen molar-refractivity contribution in [2.45, 2.75) is 26.3 Å². The number of aryl methyl sites for hydroxylation is 2.